The summed E-state index contributed by atoms with van der Waals surface area (Å²) in [6.07, 6.45) is 5.64. The fourth-order valence-electron chi connectivity index (χ4n) is 4.34. The molecule has 2 N–H and O–H groups in total. The van der Waals surface area contributed by atoms with Crippen LogP contribution in [0.15, 0.2) is 93.8 Å². The number of hydrogen-bond donors (Lipinski definition) is 1. The molecule has 0 saturated heterocycles. The SMILES string of the molecule is CC(C)(C)C1=CC(=CC2=C(O)C(=Cc3cc(C(C)(C)C)[o+]c4ccccc34)C2=[OH+])c2ccccc2O1. The van der Waals surface area contributed by atoms with Crippen LogP contribution in [0.25, 0.3) is 22.6 Å². The summed E-state index contributed by atoms with van der Waals surface area (Å²) in [5, 5.41) is 11.9. The second kappa shape index (κ2) is 8.34. The van der Waals surface area contributed by atoms with Crippen LogP contribution in [-0.2, 0) is 5.41 Å². The fraction of sp³-hybridized carbons (Fsp3) is 0.250. The first-order valence-corrected chi connectivity index (χ1v) is 12.2. The summed E-state index contributed by atoms with van der Waals surface area (Å²) in [7, 11) is 0. The molecule has 182 valence electrons. The maximum absolute atomic E-state index is 11.0. The molecule has 3 aromatic rings. The number of allylic oxidation sites excluding steroid dienone is 6. The molecule has 0 fully saturated rings. The summed E-state index contributed by atoms with van der Waals surface area (Å²) in [5.74, 6) is 2.56. The highest BCUT2D eigenvalue weighted by molar-refractivity contribution is 6.25. The van der Waals surface area contributed by atoms with Gasteiger partial charge in [-0.1, -0.05) is 51.1 Å². The Hall–Kier alpha value is -3.92. The lowest BCUT2D eigenvalue weighted by Crippen LogP contribution is -2.22. The van der Waals surface area contributed by atoms with Crippen LogP contribution in [0.4, 0.5) is 0 Å². The Morgan fingerprint density at radius 2 is 1.58 bits per heavy atom. The van der Waals surface area contributed by atoms with Crippen LogP contribution < -0.4 is 4.74 Å². The van der Waals surface area contributed by atoms with E-state index in [1.165, 1.54) is 0 Å². The number of rotatable bonds is 2. The number of fused-ring (bicyclic) bond motifs is 2. The molecule has 2 aromatic carbocycles. The second-order valence-corrected chi connectivity index (χ2v) is 11.4. The summed E-state index contributed by atoms with van der Waals surface area (Å²) in [5.41, 5.74) is 3.90. The van der Waals surface area contributed by atoms with Gasteiger partial charge in [0.2, 0.25) is 0 Å². The summed E-state index contributed by atoms with van der Waals surface area (Å²) in [6.45, 7) is 12.6. The lowest BCUT2D eigenvalue weighted by molar-refractivity contribution is 0.290. The van der Waals surface area contributed by atoms with Crippen molar-refractivity contribution in [2.45, 2.75) is 47.0 Å². The smallest absolute Gasteiger partial charge is 0.361 e. The van der Waals surface area contributed by atoms with Crippen molar-refractivity contribution in [2.75, 3.05) is 0 Å². The van der Waals surface area contributed by atoms with Gasteiger partial charge in [0.15, 0.2) is 0 Å². The zero-order valence-electron chi connectivity index (χ0n) is 21.6. The molecule has 0 spiro atoms. The van der Waals surface area contributed by atoms with Gasteiger partial charge < -0.3 is 9.84 Å². The van der Waals surface area contributed by atoms with Crippen molar-refractivity contribution in [3.05, 3.63) is 106 Å². The molecule has 0 atom stereocenters. The highest BCUT2D eigenvalue weighted by atomic mass is 16.5. The van der Waals surface area contributed by atoms with Gasteiger partial charge >= 0.3 is 17.1 Å². The van der Waals surface area contributed by atoms with Crippen LogP contribution in [0, 0.1) is 5.41 Å². The molecule has 0 bridgehead atoms. The van der Waals surface area contributed by atoms with Crippen molar-refractivity contribution in [2.24, 2.45) is 5.41 Å². The molecule has 0 amide bonds. The van der Waals surface area contributed by atoms with Gasteiger partial charge in [-0.25, -0.2) is 4.42 Å². The normalized spacial score (nSPS) is 18.3. The number of carbonyl (C=O) groups excluding carboxylic acids is 1. The number of para-hydroxylation sites is 2. The maximum Gasteiger partial charge on any atom is 0.361 e. The van der Waals surface area contributed by atoms with Crippen molar-refractivity contribution in [1.82, 2.24) is 0 Å². The third-order valence-corrected chi connectivity index (χ3v) is 6.51. The van der Waals surface area contributed by atoms with Crippen LogP contribution in [0.2, 0.25) is 0 Å². The van der Waals surface area contributed by atoms with E-state index in [4.69, 9.17) is 9.15 Å². The quantitative estimate of drug-likeness (QED) is 0.297. The van der Waals surface area contributed by atoms with Crippen LogP contribution in [0.1, 0.15) is 58.4 Å². The topological polar surface area (TPSA) is 62.2 Å². The number of aliphatic hydroxyl groups excluding tert-OH is 1. The van der Waals surface area contributed by atoms with Crippen molar-refractivity contribution in [3.8, 4) is 5.75 Å². The highest BCUT2D eigenvalue weighted by Crippen LogP contribution is 2.42. The average Bonchev–Trinajstić information content (AvgIpc) is 2.84. The first-order chi connectivity index (χ1) is 16.9. The third-order valence-electron chi connectivity index (χ3n) is 6.51. The van der Waals surface area contributed by atoms with E-state index < -0.39 is 0 Å². The van der Waals surface area contributed by atoms with Gasteiger partial charge in [0.05, 0.1) is 10.8 Å². The molecule has 4 heteroatoms. The standard InChI is InChI=1S/C32H30O4/c1-31(2,3)27-17-19(21-11-7-9-13-25(21)35-27)15-23-29(33)24(30(23)34)16-20-18-28(32(4,5)6)36-26-14-10-8-12-22(20)26/h7-18H,1-6H3/p+2. The van der Waals surface area contributed by atoms with Gasteiger partial charge in [-0.15, -0.1) is 0 Å². The van der Waals surface area contributed by atoms with E-state index in [0.29, 0.717) is 11.1 Å². The Morgan fingerprint density at radius 3 is 2.28 bits per heavy atom. The number of ether oxygens (including phenoxy) is 1. The van der Waals surface area contributed by atoms with E-state index in [9.17, 15) is 9.90 Å². The van der Waals surface area contributed by atoms with E-state index in [-0.39, 0.29) is 22.4 Å². The Balaban J connectivity index is 1.61. The molecule has 36 heavy (non-hydrogen) atoms. The van der Waals surface area contributed by atoms with E-state index in [0.717, 1.165) is 44.9 Å². The second-order valence-electron chi connectivity index (χ2n) is 11.4. The largest absolute Gasteiger partial charge is 0.506 e. The lowest BCUT2D eigenvalue weighted by Gasteiger charge is -2.28. The number of aliphatic hydroxyl groups is 1. The van der Waals surface area contributed by atoms with Crippen molar-refractivity contribution in [3.63, 3.8) is 0 Å². The first kappa shape index (κ1) is 23.8. The van der Waals surface area contributed by atoms with E-state index in [1.54, 1.807) is 0 Å². The Kier molecular flexibility index (Phi) is 5.51. The van der Waals surface area contributed by atoms with Crippen molar-refractivity contribution in [1.29, 1.82) is 0 Å². The molecule has 2 aliphatic rings. The first-order valence-electron chi connectivity index (χ1n) is 12.2. The highest BCUT2D eigenvalue weighted by Gasteiger charge is 2.40. The number of benzene rings is 2. The molecule has 5 rings (SSSR count). The van der Waals surface area contributed by atoms with Crippen LogP contribution in [0.3, 0.4) is 0 Å². The third kappa shape index (κ3) is 4.17. The fourth-order valence-corrected chi connectivity index (χ4v) is 4.34. The molecule has 1 aromatic heterocycles. The van der Waals surface area contributed by atoms with Crippen LogP contribution in [-0.4, -0.2) is 15.7 Å². The zero-order valence-corrected chi connectivity index (χ0v) is 21.6. The molecule has 0 radical (unpaired) electrons. The van der Waals surface area contributed by atoms with Gasteiger partial charge in [0.1, 0.15) is 28.4 Å². The Labute approximate surface area is 211 Å². The van der Waals surface area contributed by atoms with Crippen molar-refractivity contribution < 1.29 is 19.1 Å². The zero-order chi connectivity index (χ0) is 25.8. The van der Waals surface area contributed by atoms with Gasteiger partial charge in [0.25, 0.3) is 0 Å². The van der Waals surface area contributed by atoms with E-state index in [2.05, 4.69) is 41.5 Å². The molecule has 2 heterocycles. The lowest BCUT2D eigenvalue weighted by atomic mass is 9.83. The molecular weight excluding hydrogens is 448 g/mol. The molecule has 0 unspecified atom stereocenters. The number of ketones is 1. The summed E-state index contributed by atoms with van der Waals surface area (Å²) in [4.78, 5) is 11.0. The summed E-state index contributed by atoms with van der Waals surface area (Å²) < 4.78 is 12.3. The molecular formula is C32H32O4+2. The van der Waals surface area contributed by atoms with Gasteiger partial charge in [-0.3, -0.25) is 4.79 Å². The van der Waals surface area contributed by atoms with Gasteiger partial charge in [-0.2, -0.15) is 0 Å². The van der Waals surface area contributed by atoms with Crippen LogP contribution in [0.5, 0.6) is 5.75 Å². The Bertz CT molecular complexity index is 1530. The number of hydrogen-bond acceptors (Lipinski definition) is 2. The monoisotopic (exact) mass is 480 g/mol. The molecule has 0 saturated carbocycles. The predicted octanol–water partition coefficient (Wildman–Crippen LogP) is 8.17. The van der Waals surface area contributed by atoms with Crippen LogP contribution >= 0.6 is 0 Å². The van der Waals surface area contributed by atoms with Gasteiger partial charge in [0, 0.05) is 28.7 Å². The Morgan fingerprint density at radius 1 is 0.889 bits per heavy atom. The summed E-state index contributed by atoms with van der Waals surface area (Å²) in [6, 6.07) is 17.6. The minimum atomic E-state index is -0.191. The molecule has 1 aliphatic heterocycles. The molecule has 1 aliphatic carbocycles. The minimum Gasteiger partial charge on any atom is -0.506 e. The van der Waals surface area contributed by atoms with E-state index in [1.807, 2.05) is 72.8 Å². The summed E-state index contributed by atoms with van der Waals surface area (Å²) >= 11 is 0. The average molecular weight is 481 g/mol. The van der Waals surface area contributed by atoms with E-state index >= 15 is 0 Å². The minimum absolute atomic E-state index is 0.0665. The van der Waals surface area contributed by atoms with Gasteiger partial charge in [-0.05, 0) is 56.7 Å². The van der Waals surface area contributed by atoms with Crippen molar-refractivity contribution >= 4 is 28.4 Å². The molecule has 4 nitrogen and oxygen atoms in total. The maximum atomic E-state index is 11.0. The predicted molar refractivity (Wildman–Crippen MR) is 146 cm³/mol.